The highest BCUT2D eigenvalue weighted by Crippen LogP contribution is 2.29. The second kappa shape index (κ2) is 5.46. The van der Waals surface area contributed by atoms with Crippen LogP contribution in [0.25, 0.3) is 0 Å². The summed E-state index contributed by atoms with van der Waals surface area (Å²) in [7, 11) is 0. The van der Waals surface area contributed by atoms with Gasteiger partial charge in [0, 0.05) is 10.7 Å². The maximum absolute atomic E-state index is 5.82. The number of halogens is 1. The number of aryl methyl sites for hydroxylation is 1. The van der Waals surface area contributed by atoms with E-state index >= 15 is 0 Å². The molecule has 2 rings (SSSR count). The lowest BCUT2D eigenvalue weighted by molar-refractivity contribution is 0.474. The van der Waals surface area contributed by atoms with E-state index in [1.807, 2.05) is 37.3 Å². The zero-order chi connectivity index (χ0) is 13.1. The van der Waals surface area contributed by atoms with Crippen LogP contribution in [0.3, 0.4) is 0 Å². The SMILES string of the molecule is Cc1ncccc1Oc1cc(Br)ccc1C(N)=S. The molecule has 2 aromatic rings. The Bertz CT molecular complexity index is 601. The Morgan fingerprint density at radius 2 is 2.11 bits per heavy atom. The molecule has 0 atom stereocenters. The number of thiocarbonyl (C=S) groups is 1. The number of aromatic nitrogens is 1. The van der Waals surface area contributed by atoms with Gasteiger partial charge in [0.15, 0.2) is 0 Å². The topological polar surface area (TPSA) is 48.1 Å². The molecular weight excluding hydrogens is 312 g/mol. The number of hydrogen-bond acceptors (Lipinski definition) is 3. The summed E-state index contributed by atoms with van der Waals surface area (Å²) in [5.74, 6) is 1.31. The third-order valence-corrected chi connectivity index (χ3v) is 3.10. The molecule has 0 aliphatic rings. The highest BCUT2D eigenvalue weighted by Gasteiger charge is 2.09. The van der Waals surface area contributed by atoms with Gasteiger partial charge in [0.2, 0.25) is 0 Å². The average Bonchev–Trinajstić information content (AvgIpc) is 2.32. The minimum Gasteiger partial charge on any atom is -0.455 e. The van der Waals surface area contributed by atoms with Gasteiger partial charge in [-0.2, -0.15) is 0 Å². The average molecular weight is 323 g/mol. The molecule has 0 aliphatic heterocycles. The minimum absolute atomic E-state index is 0.305. The van der Waals surface area contributed by atoms with Gasteiger partial charge in [-0.15, -0.1) is 0 Å². The lowest BCUT2D eigenvalue weighted by Gasteiger charge is -2.12. The zero-order valence-electron chi connectivity index (χ0n) is 9.68. The Hall–Kier alpha value is -1.46. The van der Waals surface area contributed by atoms with Crippen LogP contribution in [0.4, 0.5) is 0 Å². The first kappa shape index (κ1) is 13.0. The molecule has 0 fully saturated rings. The molecule has 92 valence electrons. The molecule has 1 aromatic heterocycles. The minimum atomic E-state index is 0.305. The van der Waals surface area contributed by atoms with Crippen LogP contribution in [0, 0.1) is 6.92 Å². The first-order chi connectivity index (χ1) is 8.58. The first-order valence-corrected chi connectivity index (χ1v) is 6.47. The van der Waals surface area contributed by atoms with Crippen molar-refractivity contribution in [3.05, 3.63) is 52.3 Å². The number of pyridine rings is 1. The lowest BCUT2D eigenvalue weighted by atomic mass is 10.2. The summed E-state index contributed by atoms with van der Waals surface area (Å²) in [6.45, 7) is 1.88. The molecule has 0 unspecified atom stereocenters. The van der Waals surface area contributed by atoms with E-state index in [9.17, 15) is 0 Å². The van der Waals surface area contributed by atoms with E-state index in [4.69, 9.17) is 22.7 Å². The molecule has 18 heavy (non-hydrogen) atoms. The van der Waals surface area contributed by atoms with Crippen molar-refractivity contribution in [3.8, 4) is 11.5 Å². The maximum atomic E-state index is 5.82. The summed E-state index contributed by atoms with van der Waals surface area (Å²) >= 11 is 8.41. The fraction of sp³-hybridized carbons (Fsp3) is 0.0769. The summed E-state index contributed by atoms with van der Waals surface area (Å²) in [5, 5.41) is 0. The molecule has 0 amide bonds. The van der Waals surface area contributed by atoms with Crippen molar-refractivity contribution in [2.45, 2.75) is 6.92 Å². The largest absolute Gasteiger partial charge is 0.455 e. The second-order valence-corrected chi connectivity index (χ2v) is 5.05. The van der Waals surface area contributed by atoms with Crippen molar-refractivity contribution in [3.63, 3.8) is 0 Å². The Kier molecular flexibility index (Phi) is 3.93. The number of hydrogen-bond donors (Lipinski definition) is 1. The third-order valence-electron chi connectivity index (χ3n) is 2.39. The Balaban J connectivity index is 2.42. The Morgan fingerprint density at radius 1 is 1.33 bits per heavy atom. The second-order valence-electron chi connectivity index (χ2n) is 3.69. The quantitative estimate of drug-likeness (QED) is 0.877. The van der Waals surface area contributed by atoms with Crippen LogP contribution in [0.5, 0.6) is 11.5 Å². The van der Waals surface area contributed by atoms with Crippen molar-refractivity contribution in [2.75, 3.05) is 0 Å². The van der Waals surface area contributed by atoms with Gasteiger partial charge in [0.05, 0.1) is 11.3 Å². The molecule has 0 saturated heterocycles. The van der Waals surface area contributed by atoms with Crippen molar-refractivity contribution in [1.29, 1.82) is 0 Å². The number of rotatable bonds is 3. The Morgan fingerprint density at radius 3 is 2.78 bits per heavy atom. The van der Waals surface area contributed by atoms with Gasteiger partial charge in [-0.25, -0.2) is 0 Å². The monoisotopic (exact) mass is 322 g/mol. The highest BCUT2D eigenvalue weighted by molar-refractivity contribution is 9.10. The number of nitrogens with zero attached hydrogens (tertiary/aromatic N) is 1. The van der Waals surface area contributed by atoms with Gasteiger partial charge < -0.3 is 10.5 Å². The predicted molar refractivity (Wildman–Crippen MR) is 79.1 cm³/mol. The smallest absolute Gasteiger partial charge is 0.148 e. The molecule has 0 bridgehead atoms. The molecule has 1 aromatic carbocycles. The van der Waals surface area contributed by atoms with Crippen LogP contribution in [-0.2, 0) is 0 Å². The molecular formula is C13H11BrN2OS. The van der Waals surface area contributed by atoms with E-state index in [0.717, 1.165) is 10.2 Å². The van der Waals surface area contributed by atoms with Crippen LogP contribution < -0.4 is 10.5 Å². The summed E-state index contributed by atoms with van der Waals surface area (Å²) in [5.41, 5.74) is 7.19. The predicted octanol–water partition coefficient (Wildman–Crippen LogP) is 3.58. The fourth-order valence-corrected chi connectivity index (χ4v) is 1.99. The lowest BCUT2D eigenvalue weighted by Crippen LogP contribution is -2.10. The summed E-state index contributed by atoms with van der Waals surface area (Å²) in [6, 6.07) is 9.21. The summed E-state index contributed by atoms with van der Waals surface area (Å²) in [4.78, 5) is 4.48. The normalized spacial score (nSPS) is 10.1. The molecule has 0 radical (unpaired) electrons. The van der Waals surface area contributed by atoms with E-state index in [-0.39, 0.29) is 0 Å². The van der Waals surface area contributed by atoms with Crippen molar-refractivity contribution >= 4 is 33.1 Å². The van der Waals surface area contributed by atoms with Crippen molar-refractivity contribution in [2.24, 2.45) is 5.73 Å². The number of ether oxygens (including phenoxy) is 1. The van der Waals surface area contributed by atoms with Crippen LogP contribution in [0.2, 0.25) is 0 Å². The van der Waals surface area contributed by atoms with Gasteiger partial charge in [0.25, 0.3) is 0 Å². The van der Waals surface area contributed by atoms with Crippen molar-refractivity contribution in [1.82, 2.24) is 4.98 Å². The van der Waals surface area contributed by atoms with Crippen molar-refractivity contribution < 1.29 is 4.74 Å². The number of benzene rings is 1. The van der Waals surface area contributed by atoms with Crippen LogP contribution in [0.1, 0.15) is 11.3 Å². The fourth-order valence-electron chi connectivity index (χ4n) is 1.48. The maximum Gasteiger partial charge on any atom is 0.148 e. The van der Waals surface area contributed by atoms with Crippen LogP contribution in [0.15, 0.2) is 41.0 Å². The van der Waals surface area contributed by atoms with Gasteiger partial charge in [0.1, 0.15) is 16.5 Å². The molecule has 5 heteroatoms. The van der Waals surface area contributed by atoms with E-state index in [1.165, 1.54) is 0 Å². The highest BCUT2D eigenvalue weighted by atomic mass is 79.9. The van der Waals surface area contributed by atoms with E-state index < -0.39 is 0 Å². The van der Waals surface area contributed by atoms with Crippen LogP contribution in [-0.4, -0.2) is 9.97 Å². The Labute approximate surface area is 119 Å². The van der Waals surface area contributed by atoms with Gasteiger partial charge in [-0.1, -0.05) is 28.1 Å². The third kappa shape index (κ3) is 2.86. The first-order valence-electron chi connectivity index (χ1n) is 5.27. The summed E-state index contributed by atoms with van der Waals surface area (Å²) in [6.07, 6.45) is 1.72. The molecule has 0 saturated carbocycles. The standard InChI is InChI=1S/C13H11BrN2OS/c1-8-11(3-2-6-16-8)17-12-7-9(14)4-5-10(12)13(15)18/h2-7H,1H3,(H2,15,18). The summed E-state index contributed by atoms with van der Waals surface area (Å²) < 4.78 is 6.72. The molecule has 0 aliphatic carbocycles. The van der Waals surface area contributed by atoms with Gasteiger partial charge in [-0.05, 0) is 37.3 Å². The van der Waals surface area contributed by atoms with Gasteiger partial charge in [-0.3, -0.25) is 4.98 Å². The molecule has 2 N–H and O–H groups in total. The molecule has 3 nitrogen and oxygen atoms in total. The van der Waals surface area contributed by atoms with Crippen LogP contribution >= 0.6 is 28.1 Å². The number of nitrogens with two attached hydrogens (primary N) is 1. The van der Waals surface area contributed by atoms with E-state index in [1.54, 1.807) is 6.20 Å². The molecule has 1 heterocycles. The zero-order valence-corrected chi connectivity index (χ0v) is 12.1. The van der Waals surface area contributed by atoms with Gasteiger partial charge >= 0.3 is 0 Å². The van der Waals surface area contributed by atoms with E-state index in [0.29, 0.717) is 22.1 Å². The molecule has 0 spiro atoms. The van der Waals surface area contributed by atoms with E-state index in [2.05, 4.69) is 20.9 Å².